The van der Waals surface area contributed by atoms with E-state index in [1.54, 1.807) is 7.05 Å². The van der Waals surface area contributed by atoms with Gasteiger partial charge in [-0.15, -0.1) is 0 Å². The van der Waals surface area contributed by atoms with Gasteiger partial charge in [-0.2, -0.15) is 0 Å². The molecule has 0 saturated carbocycles. The maximum absolute atomic E-state index is 13.8. The number of nitrogens with one attached hydrogen (secondary N) is 1. The number of ether oxygens (including phenoxy) is 1. The van der Waals surface area contributed by atoms with E-state index in [2.05, 4.69) is 5.32 Å². The lowest BCUT2D eigenvalue weighted by molar-refractivity contribution is 0.0281. The molecule has 0 fully saturated rings. The number of pyridine rings is 1. The third-order valence-electron chi connectivity index (χ3n) is 5.12. The van der Waals surface area contributed by atoms with Gasteiger partial charge in [0.2, 0.25) is 5.43 Å². The Hall–Kier alpha value is -3.27. The Balaban J connectivity index is 1.74. The van der Waals surface area contributed by atoms with Crippen molar-refractivity contribution in [3.05, 3.63) is 62.6 Å². The third kappa shape index (κ3) is 3.05. The quantitative estimate of drug-likeness (QED) is 0.791. The van der Waals surface area contributed by atoms with Crippen LogP contribution in [0.2, 0.25) is 0 Å². The van der Waals surface area contributed by atoms with Crippen molar-refractivity contribution in [2.24, 2.45) is 0 Å². The van der Waals surface area contributed by atoms with Crippen molar-refractivity contribution >= 4 is 11.8 Å². The number of rotatable bonds is 3. The predicted molar refractivity (Wildman–Crippen MR) is 95.5 cm³/mol. The zero-order valence-electron chi connectivity index (χ0n) is 15.4. The molecule has 1 aromatic carbocycles. The van der Waals surface area contributed by atoms with Gasteiger partial charge < -0.3 is 24.6 Å². The van der Waals surface area contributed by atoms with E-state index < -0.39 is 34.6 Å². The van der Waals surface area contributed by atoms with Gasteiger partial charge in [0.1, 0.15) is 17.2 Å². The van der Waals surface area contributed by atoms with E-state index in [1.165, 1.54) is 15.5 Å². The monoisotopic (exact) mass is 405 g/mol. The van der Waals surface area contributed by atoms with Crippen LogP contribution in [0, 0.1) is 11.6 Å². The average molecular weight is 405 g/mol. The molecule has 8 nitrogen and oxygen atoms in total. The van der Waals surface area contributed by atoms with E-state index in [-0.39, 0.29) is 48.3 Å². The number of amides is 2. The molecule has 1 atom stereocenters. The second kappa shape index (κ2) is 6.96. The summed E-state index contributed by atoms with van der Waals surface area (Å²) in [5.74, 6) is -3.78. The van der Waals surface area contributed by atoms with Crippen LogP contribution in [-0.2, 0) is 17.9 Å². The van der Waals surface area contributed by atoms with E-state index in [4.69, 9.17) is 4.74 Å². The summed E-state index contributed by atoms with van der Waals surface area (Å²) in [6.45, 7) is 0.159. The number of aromatic hydroxyl groups is 1. The Morgan fingerprint density at radius 2 is 2.10 bits per heavy atom. The fourth-order valence-corrected chi connectivity index (χ4v) is 3.72. The van der Waals surface area contributed by atoms with Crippen molar-refractivity contribution < 1.29 is 28.2 Å². The van der Waals surface area contributed by atoms with Gasteiger partial charge in [-0.25, -0.2) is 8.78 Å². The SMILES string of the molecule is CN1CC2COCc3c(C(=O)NCc4ccc(F)cc4F)c(=O)c(O)c(n32)C1=O. The van der Waals surface area contributed by atoms with Crippen molar-refractivity contribution in [3.63, 3.8) is 0 Å². The molecule has 10 heteroatoms. The minimum atomic E-state index is -1.00. The van der Waals surface area contributed by atoms with E-state index >= 15 is 0 Å². The number of halogens is 2. The normalized spacial score (nSPS) is 17.8. The Bertz CT molecular complexity index is 1100. The van der Waals surface area contributed by atoms with Gasteiger partial charge >= 0.3 is 0 Å². The molecule has 29 heavy (non-hydrogen) atoms. The lowest BCUT2D eigenvalue weighted by atomic mass is 10.0. The average Bonchev–Trinajstić information content (AvgIpc) is 2.67. The molecule has 2 aliphatic rings. The molecule has 2 N–H and O–H groups in total. The topological polar surface area (TPSA) is 101 Å². The van der Waals surface area contributed by atoms with Crippen molar-refractivity contribution in [1.29, 1.82) is 0 Å². The Kier molecular flexibility index (Phi) is 4.58. The molecule has 4 rings (SSSR count). The smallest absolute Gasteiger partial charge is 0.274 e. The van der Waals surface area contributed by atoms with E-state index in [0.29, 0.717) is 12.6 Å². The highest BCUT2D eigenvalue weighted by Gasteiger charge is 2.39. The number of aromatic nitrogens is 1. The van der Waals surface area contributed by atoms with Crippen LogP contribution in [0.25, 0.3) is 0 Å². The highest BCUT2D eigenvalue weighted by molar-refractivity contribution is 6.00. The molecule has 0 radical (unpaired) electrons. The van der Waals surface area contributed by atoms with Crippen LogP contribution in [0.5, 0.6) is 5.75 Å². The summed E-state index contributed by atoms with van der Waals surface area (Å²) in [4.78, 5) is 39.3. The summed E-state index contributed by atoms with van der Waals surface area (Å²) in [7, 11) is 1.54. The minimum Gasteiger partial charge on any atom is -0.503 e. The summed E-state index contributed by atoms with van der Waals surface area (Å²) >= 11 is 0. The number of carbonyl (C=O) groups excluding carboxylic acids is 2. The highest BCUT2D eigenvalue weighted by atomic mass is 19.1. The fraction of sp³-hybridized carbons (Fsp3) is 0.316. The van der Waals surface area contributed by atoms with Gasteiger partial charge in [-0.1, -0.05) is 6.07 Å². The van der Waals surface area contributed by atoms with Gasteiger partial charge in [0.05, 0.1) is 24.9 Å². The lowest BCUT2D eigenvalue weighted by Crippen LogP contribution is -2.48. The van der Waals surface area contributed by atoms with E-state index in [0.717, 1.165) is 6.07 Å². The molecule has 0 bridgehead atoms. The van der Waals surface area contributed by atoms with Crippen LogP contribution in [0.15, 0.2) is 23.0 Å². The third-order valence-corrected chi connectivity index (χ3v) is 5.12. The van der Waals surface area contributed by atoms with Crippen LogP contribution >= 0.6 is 0 Å². The Morgan fingerprint density at radius 3 is 2.83 bits per heavy atom. The van der Waals surface area contributed by atoms with Crippen molar-refractivity contribution in [1.82, 2.24) is 14.8 Å². The summed E-state index contributed by atoms with van der Waals surface area (Å²) in [6, 6.07) is 2.56. The minimum absolute atomic E-state index is 0.0293. The zero-order chi connectivity index (χ0) is 20.9. The Labute approximate surface area is 163 Å². The molecule has 0 saturated heterocycles. The summed E-state index contributed by atoms with van der Waals surface area (Å²) in [5, 5.41) is 12.8. The molecule has 0 aliphatic carbocycles. The molecule has 2 aromatic rings. The summed E-state index contributed by atoms with van der Waals surface area (Å²) < 4.78 is 33.8. The summed E-state index contributed by atoms with van der Waals surface area (Å²) in [5.41, 5.74) is -1.33. The van der Waals surface area contributed by atoms with Crippen molar-refractivity contribution in [2.45, 2.75) is 19.2 Å². The Morgan fingerprint density at radius 1 is 1.34 bits per heavy atom. The second-order valence-corrected chi connectivity index (χ2v) is 6.99. The first-order chi connectivity index (χ1) is 13.8. The van der Waals surface area contributed by atoms with Crippen molar-refractivity contribution in [3.8, 4) is 5.75 Å². The second-order valence-electron chi connectivity index (χ2n) is 6.99. The molecular formula is C19H17F2N3O5. The van der Waals surface area contributed by atoms with Gasteiger partial charge in [0.15, 0.2) is 11.4 Å². The number of hydrogen-bond acceptors (Lipinski definition) is 5. The maximum atomic E-state index is 13.8. The number of likely N-dealkylation sites (N-methyl/N-ethyl adjacent to an activating group) is 1. The molecule has 1 aromatic heterocycles. The number of carbonyl (C=O) groups is 2. The zero-order valence-corrected chi connectivity index (χ0v) is 15.4. The molecular weight excluding hydrogens is 388 g/mol. The number of hydrogen-bond donors (Lipinski definition) is 2. The van der Waals surface area contributed by atoms with Gasteiger partial charge in [-0.3, -0.25) is 14.4 Å². The van der Waals surface area contributed by atoms with Crippen LogP contribution in [0.4, 0.5) is 8.78 Å². The summed E-state index contributed by atoms with van der Waals surface area (Å²) in [6.07, 6.45) is 0. The van der Waals surface area contributed by atoms with Crippen LogP contribution in [0.3, 0.4) is 0 Å². The molecule has 2 aliphatic heterocycles. The van der Waals surface area contributed by atoms with Crippen LogP contribution in [0.1, 0.15) is 38.1 Å². The first kappa shape index (κ1) is 19.1. The lowest BCUT2D eigenvalue weighted by Gasteiger charge is -2.39. The molecule has 2 amide bonds. The number of benzene rings is 1. The van der Waals surface area contributed by atoms with Crippen LogP contribution < -0.4 is 10.7 Å². The maximum Gasteiger partial charge on any atom is 0.274 e. The number of nitrogens with zero attached hydrogens (tertiary/aromatic N) is 2. The molecule has 152 valence electrons. The largest absolute Gasteiger partial charge is 0.503 e. The van der Waals surface area contributed by atoms with E-state index in [9.17, 15) is 28.3 Å². The predicted octanol–water partition coefficient (Wildman–Crippen LogP) is 0.919. The fourth-order valence-electron chi connectivity index (χ4n) is 3.72. The van der Waals surface area contributed by atoms with Crippen molar-refractivity contribution in [2.75, 3.05) is 20.2 Å². The van der Waals surface area contributed by atoms with Gasteiger partial charge in [-0.05, 0) is 6.07 Å². The van der Waals surface area contributed by atoms with Gasteiger partial charge in [0.25, 0.3) is 11.8 Å². The van der Waals surface area contributed by atoms with E-state index in [1.807, 2.05) is 0 Å². The first-order valence-corrected chi connectivity index (χ1v) is 8.85. The van der Waals surface area contributed by atoms with Crippen LogP contribution in [-0.4, -0.2) is 46.6 Å². The molecule has 0 spiro atoms. The molecule has 3 heterocycles. The highest BCUT2D eigenvalue weighted by Crippen LogP contribution is 2.32. The standard InChI is InChI=1S/C19H17F2N3O5/c1-23-6-11-7-29-8-13-14(16(25)17(26)15(19(23)28)24(11)13)18(27)22-5-9-2-3-10(20)4-12(9)21/h2-4,11,26H,5-8H2,1H3,(H,22,27). The molecule has 1 unspecified atom stereocenters. The first-order valence-electron chi connectivity index (χ1n) is 8.85. The van der Waals surface area contributed by atoms with Gasteiger partial charge in [0, 0.05) is 31.8 Å².